The Hall–Kier alpha value is -1.31. The lowest BCUT2D eigenvalue weighted by molar-refractivity contribution is 0.0497. The molecule has 1 aromatic rings. The monoisotopic (exact) mass is 318 g/mol. The van der Waals surface area contributed by atoms with Crippen LogP contribution in [0, 0.1) is 6.92 Å². The fourth-order valence-corrected chi connectivity index (χ4v) is 2.70. The summed E-state index contributed by atoms with van der Waals surface area (Å²) >= 11 is 0. The van der Waals surface area contributed by atoms with Gasteiger partial charge in [-0.2, -0.15) is 0 Å². The molecule has 1 rings (SSSR count). The molecule has 0 heterocycles. The van der Waals surface area contributed by atoms with Crippen LogP contribution in [0.4, 0.5) is 0 Å². The average Bonchev–Trinajstić information content (AvgIpc) is 2.56. The van der Waals surface area contributed by atoms with E-state index in [1.165, 1.54) is 57.8 Å². The Kier molecular flexibility index (Phi) is 11.3. The van der Waals surface area contributed by atoms with Crippen molar-refractivity contribution in [1.82, 2.24) is 0 Å². The molecule has 0 aromatic heterocycles. The van der Waals surface area contributed by atoms with Crippen LogP contribution in [0.2, 0.25) is 0 Å². The van der Waals surface area contributed by atoms with Crippen LogP contribution in [0.1, 0.15) is 93.5 Å². The van der Waals surface area contributed by atoms with Crippen LogP contribution in [0.5, 0.6) is 0 Å². The highest BCUT2D eigenvalue weighted by molar-refractivity contribution is 5.89. The van der Waals surface area contributed by atoms with Crippen molar-refractivity contribution in [3.05, 3.63) is 35.4 Å². The van der Waals surface area contributed by atoms with Crippen LogP contribution >= 0.6 is 0 Å². The molecule has 0 aliphatic carbocycles. The standard InChI is InChI=1S/C21H34O2/c1-3-4-5-6-7-8-9-10-11-12-13-18-23-21(22)20-16-14-19(2)15-17-20/h14-17H,3-13,18H2,1-2H3. The van der Waals surface area contributed by atoms with Gasteiger partial charge in [0.1, 0.15) is 0 Å². The van der Waals surface area contributed by atoms with E-state index in [-0.39, 0.29) is 5.97 Å². The average molecular weight is 319 g/mol. The number of rotatable bonds is 13. The second-order valence-corrected chi connectivity index (χ2v) is 6.54. The second kappa shape index (κ2) is 13.2. The van der Waals surface area contributed by atoms with E-state index in [9.17, 15) is 4.79 Å². The number of benzene rings is 1. The molecule has 0 unspecified atom stereocenters. The summed E-state index contributed by atoms with van der Waals surface area (Å²) in [6.45, 7) is 4.82. The van der Waals surface area contributed by atoms with E-state index in [2.05, 4.69) is 6.92 Å². The first-order chi connectivity index (χ1) is 11.2. The highest BCUT2D eigenvalue weighted by atomic mass is 16.5. The molecule has 0 bridgehead atoms. The summed E-state index contributed by atoms with van der Waals surface area (Å²) in [5.41, 5.74) is 1.81. The quantitative estimate of drug-likeness (QED) is 0.308. The first kappa shape index (κ1) is 19.7. The Morgan fingerprint density at radius 1 is 0.783 bits per heavy atom. The van der Waals surface area contributed by atoms with Crippen molar-refractivity contribution >= 4 is 5.97 Å². The molecule has 0 amide bonds. The van der Waals surface area contributed by atoms with Gasteiger partial charge in [0.25, 0.3) is 0 Å². The molecule has 0 aliphatic heterocycles. The fourth-order valence-electron chi connectivity index (χ4n) is 2.70. The molecular weight excluding hydrogens is 284 g/mol. The molecule has 0 saturated heterocycles. The lowest BCUT2D eigenvalue weighted by atomic mass is 10.1. The van der Waals surface area contributed by atoms with Crippen LogP contribution in [0.3, 0.4) is 0 Å². The third-order valence-electron chi connectivity index (χ3n) is 4.27. The van der Waals surface area contributed by atoms with Crippen molar-refractivity contribution in [1.29, 1.82) is 0 Å². The van der Waals surface area contributed by atoms with Gasteiger partial charge in [-0.15, -0.1) is 0 Å². The fraction of sp³-hybridized carbons (Fsp3) is 0.667. The summed E-state index contributed by atoms with van der Waals surface area (Å²) in [7, 11) is 0. The number of hydrogen-bond acceptors (Lipinski definition) is 2. The van der Waals surface area contributed by atoms with Crippen molar-refractivity contribution < 1.29 is 9.53 Å². The lowest BCUT2D eigenvalue weighted by Crippen LogP contribution is -2.06. The maximum Gasteiger partial charge on any atom is 0.338 e. The van der Waals surface area contributed by atoms with Crippen molar-refractivity contribution in [2.24, 2.45) is 0 Å². The molecule has 0 spiro atoms. The van der Waals surface area contributed by atoms with Gasteiger partial charge in [0.05, 0.1) is 12.2 Å². The normalized spacial score (nSPS) is 10.7. The molecule has 0 atom stereocenters. The summed E-state index contributed by atoms with van der Waals surface area (Å²) in [6.07, 6.45) is 14.4. The first-order valence-electron chi connectivity index (χ1n) is 9.48. The number of ether oxygens (including phenoxy) is 1. The third-order valence-corrected chi connectivity index (χ3v) is 4.27. The summed E-state index contributed by atoms with van der Waals surface area (Å²) in [6, 6.07) is 7.55. The molecule has 130 valence electrons. The molecule has 23 heavy (non-hydrogen) atoms. The Balaban J connectivity index is 1.89. The molecule has 1 aromatic carbocycles. The smallest absolute Gasteiger partial charge is 0.338 e. The number of unbranched alkanes of at least 4 members (excludes halogenated alkanes) is 10. The lowest BCUT2D eigenvalue weighted by Gasteiger charge is -2.05. The summed E-state index contributed by atoms with van der Waals surface area (Å²) < 4.78 is 5.31. The Bertz CT molecular complexity index is 408. The van der Waals surface area contributed by atoms with Gasteiger partial charge in [-0.3, -0.25) is 0 Å². The molecule has 0 radical (unpaired) electrons. The molecule has 0 aliphatic rings. The van der Waals surface area contributed by atoms with E-state index in [1.807, 2.05) is 31.2 Å². The zero-order valence-corrected chi connectivity index (χ0v) is 15.1. The summed E-state index contributed by atoms with van der Waals surface area (Å²) in [4.78, 5) is 11.8. The van der Waals surface area contributed by atoms with Gasteiger partial charge in [0.15, 0.2) is 0 Å². The van der Waals surface area contributed by atoms with Crippen molar-refractivity contribution in [2.45, 2.75) is 84.5 Å². The number of aryl methyl sites for hydroxylation is 1. The van der Waals surface area contributed by atoms with Crippen molar-refractivity contribution in [3.63, 3.8) is 0 Å². The maximum absolute atomic E-state index is 11.8. The SMILES string of the molecule is CCCCCCCCCCCCCOC(=O)c1ccc(C)cc1. The zero-order chi connectivity index (χ0) is 16.8. The largest absolute Gasteiger partial charge is 0.462 e. The molecule has 2 nitrogen and oxygen atoms in total. The van der Waals surface area contributed by atoms with Crippen LogP contribution < -0.4 is 0 Å². The highest BCUT2D eigenvalue weighted by Gasteiger charge is 2.05. The van der Waals surface area contributed by atoms with Crippen molar-refractivity contribution in [2.75, 3.05) is 6.61 Å². The Morgan fingerprint density at radius 2 is 1.26 bits per heavy atom. The minimum atomic E-state index is -0.197. The number of carbonyl (C=O) groups excluding carboxylic acids is 1. The topological polar surface area (TPSA) is 26.3 Å². The van der Waals surface area contributed by atoms with E-state index in [1.54, 1.807) is 0 Å². The van der Waals surface area contributed by atoms with E-state index < -0.39 is 0 Å². The molecular formula is C21H34O2. The molecule has 0 N–H and O–H groups in total. The van der Waals surface area contributed by atoms with Crippen LogP contribution in [-0.2, 0) is 4.74 Å². The second-order valence-electron chi connectivity index (χ2n) is 6.54. The van der Waals surface area contributed by atoms with Gasteiger partial charge in [0, 0.05) is 0 Å². The van der Waals surface area contributed by atoms with Gasteiger partial charge in [-0.05, 0) is 25.5 Å². The van der Waals surface area contributed by atoms with Gasteiger partial charge >= 0.3 is 5.97 Å². The Labute approximate surface area is 142 Å². The van der Waals surface area contributed by atoms with Gasteiger partial charge < -0.3 is 4.74 Å². The summed E-state index contributed by atoms with van der Waals surface area (Å²) in [5, 5.41) is 0. The number of hydrogen-bond donors (Lipinski definition) is 0. The predicted molar refractivity (Wildman–Crippen MR) is 97.9 cm³/mol. The van der Waals surface area contributed by atoms with E-state index in [4.69, 9.17) is 4.74 Å². The third kappa shape index (κ3) is 10.1. The minimum Gasteiger partial charge on any atom is -0.462 e. The molecule has 0 saturated carbocycles. The zero-order valence-electron chi connectivity index (χ0n) is 15.1. The number of esters is 1. The van der Waals surface area contributed by atoms with Crippen molar-refractivity contribution in [3.8, 4) is 0 Å². The van der Waals surface area contributed by atoms with E-state index in [0.717, 1.165) is 18.4 Å². The van der Waals surface area contributed by atoms with Gasteiger partial charge in [-0.25, -0.2) is 4.79 Å². The van der Waals surface area contributed by atoms with Crippen LogP contribution in [0.15, 0.2) is 24.3 Å². The highest BCUT2D eigenvalue weighted by Crippen LogP contribution is 2.11. The maximum atomic E-state index is 11.8. The van der Waals surface area contributed by atoms with E-state index >= 15 is 0 Å². The summed E-state index contributed by atoms with van der Waals surface area (Å²) in [5.74, 6) is -0.197. The van der Waals surface area contributed by atoms with E-state index in [0.29, 0.717) is 12.2 Å². The van der Waals surface area contributed by atoms with Crippen LogP contribution in [0.25, 0.3) is 0 Å². The number of carbonyl (C=O) groups is 1. The Morgan fingerprint density at radius 3 is 1.78 bits per heavy atom. The first-order valence-corrected chi connectivity index (χ1v) is 9.48. The predicted octanol–water partition coefficient (Wildman–Crippen LogP) is 6.46. The minimum absolute atomic E-state index is 0.197. The molecule has 2 heteroatoms. The van der Waals surface area contributed by atoms with Gasteiger partial charge in [0.2, 0.25) is 0 Å². The van der Waals surface area contributed by atoms with Crippen LogP contribution in [-0.4, -0.2) is 12.6 Å². The van der Waals surface area contributed by atoms with Gasteiger partial charge in [-0.1, -0.05) is 88.8 Å². The molecule has 0 fully saturated rings.